The Bertz CT molecular complexity index is 1130. The second-order valence-corrected chi connectivity index (χ2v) is 8.97. The fourth-order valence-electron chi connectivity index (χ4n) is 4.21. The third kappa shape index (κ3) is 3.61. The number of pyridine rings is 1. The number of hydrogen-bond acceptors (Lipinski definition) is 5. The molecule has 0 saturated carbocycles. The molecule has 0 spiro atoms. The van der Waals surface area contributed by atoms with Gasteiger partial charge in [-0.3, -0.25) is 9.59 Å². The number of nitrogens with zero attached hydrogens (tertiary/aromatic N) is 3. The number of methoxy groups -OCH3 is 1. The number of ether oxygens (including phenoxy) is 1. The van der Waals surface area contributed by atoms with E-state index in [1.807, 2.05) is 33.7 Å². The zero-order valence-electron chi connectivity index (χ0n) is 17.9. The molecule has 0 unspecified atom stereocenters. The molecule has 1 amide bonds. The summed E-state index contributed by atoms with van der Waals surface area (Å²) in [5.41, 5.74) is 0.850. The Morgan fingerprint density at radius 2 is 1.97 bits per heavy atom. The molecular weight excluding hydrogens is 398 g/mol. The van der Waals surface area contributed by atoms with Crippen molar-refractivity contribution in [3.05, 3.63) is 39.5 Å². The summed E-state index contributed by atoms with van der Waals surface area (Å²) >= 11 is 1.39. The molecule has 4 rings (SSSR count). The molecule has 1 aromatic carbocycles. The minimum atomic E-state index is -0.0695. The Kier molecular flexibility index (Phi) is 6.11. The number of aromatic nitrogens is 1. The van der Waals surface area contributed by atoms with Crippen LogP contribution in [-0.2, 0) is 6.54 Å². The van der Waals surface area contributed by atoms with Crippen LogP contribution in [0.1, 0.15) is 35.9 Å². The third-order valence-electron chi connectivity index (χ3n) is 5.90. The van der Waals surface area contributed by atoms with E-state index in [2.05, 4.69) is 18.9 Å². The highest BCUT2D eigenvalue weighted by atomic mass is 32.1. The number of aryl methyl sites for hydroxylation is 1. The summed E-state index contributed by atoms with van der Waals surface area (Å²) in [5.74, 6) is 0.394. The van der Waals surface area contributed by atoms with Crippen LogP contribution in [0.5, 0.6) is 5.75 Å². The average molecular weight is 428 g/mol. The molecule has 1 fully saturated rings. The molecule has 1 aliphatic rings. The number of para-hydroxylation sites is 1. The van der Waals surface area contributed by atoms with E-state index in [0.29, 0.717) is 29.1 Å². The smallest absolute Gasteiger partial charge is 0.267 e. The van der Waals surface area contributed by atoms with E-state index in [-0.39, 0.29) is 11.5 Å². The quantitative estimate of drug-likeness (QED) is 0.621. The Morgan fingerprint density at radius 3 is 2.73 bits per heavy atom. The summed E-state index contributed by atoms with van der Waals surface area (Å²) in [4.78, 5) is 31.6. The molecule has 30 heavy (non-hydrogen) atoms. The van der Waals surface area contributed by atoms with Crippen LogP contribution in [0.2, 0.25) is 0 Å². The molecule has 0 radical (unpaired) electrons. The van der Waals surface area contributed by atoms with E-state index in [1.54, 1.807) is 7.11 Å². The molecule has 6 nitrogen and oxygen atoms in total. The van der Waals surface area contributed by atoms with Gasteiger partial charge < -0.3 is 19.1 Å². The first-order valence-corrected chi connectivity index (χ1v) is 11.5. The summed E-state index contributed by atoms with van der Waals surface area (Å²) in [6.45, 7) is 6.03. The molecular formula is C23H29N3O3S. The molecule has 0 atom stereocenters. The van der Waals surface area contributed by atoms with E-state index in [0.717, 1.165) is 54.5 Å². The maximum atomic E-state index is 13.5. The molecule has 2 aromatic heterocycles. The van der Waals surface area contributed by atoms with Crippen LogP contribution in [0.15, 0.2) is 29.1 Å². The number of carbonyl (C=O) groups excluding carboxylic acids is 1. The van der Waals surface area contributed by atoms with E-state index < -0.39 is 0 Å². The fourth-order valence-corrected chi connectivity index (χ4v) is 5.48. The molecule has 3 heterocycles. The van der Waals surface area contributed by atoms with E-state index in [9.17, 15) is 9.59 Å². The van der Waals surface area contributed by atoms with Crippen LogP contribution < -0.4 is 10.3 Å². The predicted molar refractivity (Wildman–Crippen MR) is 123 cm³/mol. The normalized spacial score (nSPS) is 15.6. The minimum absolute atomic E-state index is 0.0352. The van der Waals surface area contributed by atoms with E-state index >= 15 is 0 Å². The van der Waals surface area contributed by atoms with Crippen molar-refractivity contribution in [1.29, 1.82) is 0 Å². The van der Waals surface area contributed by atoms with Gasteiger partial charge in [0.05, 0.1) is 17.3 Å². The van der Waals surface area contributed by atoms with Crippen LogP contribution in [0.4, 0.5) is 0 Å². The van der Waals surface area contributed by atoms with Crippen LogP contribution in [0.3, 0.4) is 0 Å². The second kappa shape index (κ2) is 8.78. The molecule has 160 valence electrons. The van der Waals surface area contributed by atoms with E-state index in [4.69, 9.17) is 4.74 Å². The summed E-state index contributed by atoms with van der Waals surface area (Å²) in [5, 5.41) is 1.54. The van der Waals surface area contributed by atoms with Crippen molar-refractivity contribution in [3.8, 4) is 5.75 Å². The highest BCUT2D eigenvalue weighted by Crippen LogP contribution is 2.40. The zero-order chi connectivity index (χ0) is 21.3. The van der Waals surface area contributed by atoms with Crippen molar-refractivity contribution >= 4 is 38.2 Å². The van der Waals surface area contributed by atoms with Crippen molar-refractivity contribution in [2.24, 2.45) is 0 Å². The number of benzene rings is 1. The third-order valence-corrected chi connectivity index (χ3v) is 7.10. The Hall–Kier alpha value is -2.38. The second-order valence-electron chi connectivity index (χ2n) is 7.95. The highest BCUT2D eigenvalue weighted by molar-refractivity contribution is 7.22. The number of hydrogen-bond donors (Lipinski definition) is 0. The minimum Gasteiger partial charge on any atom is -0.494 e. The summed E-state index contributed by atoms with van der Waals surface area (Å²) < 4.78 is 8.37. The number of unbranched alkanes of at least 4 members (excludes halogenated alkanes) is 1. The Balaban J connectivity index is 1.90. The largest absolute Gasteiger partial charge is 0.494 e. The molecule has 0 bridgehead atoms. The molecule has 0 N–H and O–H groups in total. The van der Waals surface area contributed by atoms with Crippen LogP contribution in [0.25, 0.3) is 21.0 Å². The maximum Gasteiger partial charge on any atom is 0.267 e. The van der Waals surface area contributed by atoms with Crippen LogP contribution in [-0.4, -0.2) is 60.6 Å². The first kappa shape index (κ1) is 20.9. The first-order chi connectivity index (χ1) is 14.6. The molecule has 0 aliphatic carbocycles. The van der Waals surface area contributed by atoms with Gasteiger partial charge in [-0.1, -0.05) is 31.5 Å². The number of rotatable bonds is 5. The van der Waals surface area contributed by atoms with Gasteiger partial charge in [0.15, 0.2) is 5.75 Å². The summed E-state index contributed by atoms with van der Waals surface area (Å²) in [6, 6.07) is 7.96. The zero-order valence-corrected chi connectivity index (χ0v) is 18.8. The van der Waals surface area contributed by atoms with Crippen molar-refractivity contribution in [3.63, 3.8) is 0 Å². The van der Waals surface area contributed by atoms with E-state index in [1.165, 1.54) is 11.3 Å². The van der Waals surface area contributed by atoms with Gasteiger partial charge in [0.25, 0.3) is 11.5 Å². The van der Waals surface area contributed by atoms with Gasteiger partial charge in [-0.15, -0.1) is 11.3 Å². The standard InChI is InChI=1S/C23H29N3O3S/c1-4-5-13-26-17-10-7-6-9-16(17)20-18(22(26)27)19(29-3)21(30-20)23(28)25-12-8-11-24(2)14-15-25/h6-7,9-10H,4-5,8,11-15H2,1-3H3. The molecule has 1 aliphatic heterocycles. The van der Waals surface area contributed by atoms with Gasteiger partial charge in [0.1, 0.15) is 10.3 Å². The Morgan fingerprint density at radius 1 is 1.17 bits per heavy atom. The lowest BCUT2D eigenvalue weighted by molar-refractivity contribution is 0.0765. The van der Waals surface area contributed by atoms with Crippen molar-refractivity contribution in [2.75, 3.05) is 40.3 Å². The summed E-state index contributed by atoms with van der Waals surface area (Å²) in [7, 11) is 3.64. The number of amides is 1. The van der Waals surface area contributed by atoms with Crippen molar-refractivity contribution < 1.29 is 9.53 Å². The van der Waals surface area contributed by atoms with Gasteiger partial charge in [-0.2, -0.15) is 0 Å². The first-order valence-electron chi connectivity index (χ1n) is 10.7. The van der Waals surface area contributed by atoms with Crippen molar-refractivity contribution in [1.82, 2.24) is 14.4 Å². The molecule has 3 aromatic rings. The maximum absolute atomic E-state index is 13.5. The number of fused-ring (bicyclic) bond motifs is 3. The lowest BCUT2D eigenvalue weighted by atomic mass is 10.1. The lowest BCUT2D eigenvalue weighted by Crippen LogP contribution is -2.34. The van der Waals surface area contributed by atoms with Gasteiger partial charge in [-0.05, 0) is 32.5 Å². The molecule has 7 heteroatoms. The summed E-state index contributed by atoms with van der Waals surface area (Å²) in [6.07, 6.45) is 2.88. The van der Waals surface area contributed by atoms with Gasteiger partial charge >= 0.3 is 0 Å². The number of carbonyl (C=O) groups is 1. The predicted octanol–water partition coefficient (Wildman–Crippen LogP) is 3.80. The van der Waals surface area contributed by atoms with Crippen LogP contribution in [0, 0.1) is 0 Å². The van der Waals surface area contributed by atoms with Crippen molar-refractivity contribution in [2.45, 2.75) is 32.7 Å². The van der Waals surface area contributed by atoms with Crippen LogP contribution >= 0.6 is 11.3 Å². The monoisotopic (exact) mass is 427 g/mol. The Labute approximate surface area is 180 Å². The number of likely N-dealkylation sites (N-methyl/N-ethyl adjacent to an activating group) is 1. The highest BCUT2D eigenvalue weighted by Gasteiger charge is 2.28. The number of thiophene rings is 1. The average Bonchev–Trinajstić information content (AvgIpc) is 3.02. The molecule has 1 saturated heterocycles. The van der Waals surface area contributed by atoms with Gasteiger partial charge in [0, 0.05) is 31.6 Å². The lowest BCUT2D eigenvalue weighted by Gasteiger charge is -2.20. The SMILES string of the molecule is CCCCn1c(=O)c2c(OC)c(C(=O)N3CCCN(C)CC3)sc2c2ccccc21. The fraction of sp³-hybridized carbons (Fsp3) is 0.478. The van der Waals surface area contributed by atoms with Gasteiger partial charge in [-0.25, -0.2) is 0 Å². The topological polar surface area (TPSA) is 54.8 Å². The van der Waals surface area contributed by atoms with Gasteiger partial charge in [0.2, 0.25) is 0 Å².